The van der Waals surface area contributed by atoms with Crippen molar-refractivity contribution in [1.82, 2.24) is 10.1 Å². The Morgan fingerprint density at radius 2 is 1.68 bits per heavy atom. The first kappa shape index (κ1) is 28.6. The zero-order chi connectivity index (χ0) is 29.5. The molecule has 1 amide bonds. The molecule has 13 heteroatoms. The highest BCUT2D eigenvalue weighted by Crippen LogP contribution is 2.54. The minimum atomic E-state index is -4.51. The zero-order valence-corrected chi connectivity index (χ0v) is 22.1. The van der Waals surface area contributed by atoms with Crippen LogP contribution in [-0.2, 0) is 33.9 Å². The molecule has 0 saturated heterocycles. The normalized spacial score (nSPS) is 15.8. The number of benzene rings is 3. The molecule has 0 spiro atoms. The lowest BCUT2D eigenvalue weighted by Crippen LogP contribution is -2.18. The molecule has 1 aromatic heterocycles. The molecule has 7 nitrogen and oxygen atoms in total. The van der Waals surface area contributed by atoms with Crippen LogP contribution in [0, 0.1) is 11.6 Å². The van der Waals surface area contributed by atoms with E-state index in [0.29, 0.717) is 24.0 Å². The molecule has 1 fully saturated rings. The summed E-state index contributed by atoms with van der Waals surface area (Å²) in [5.74, 6) is -2.48. The first-order chi connectivity index (χ1) is 19.4. The van der Waals surface area contributed by atoms with Crippen LogP contribution in [0.4, 0.5) is 27.6 Å². The van der Waals surface area contributed by atoms with Crippen molar-refractivity contribution in [2.45, 2.75) is 43.0 Å². The Kier molecular flexibility index (Phi) is 7.51. The van der Waals surface area contributed by atoms with E-state index in [0.717, 1.165) is 24.3 Å². The first-order valence-corrected chi connectivity index (χ1v) is 13.5. The number of anilines is 1. The van der Waals surface area contributed by atoms with Crippen LogP contribution in [0.2, 0.25) is 0 Å². The largest absolute Gasteiger partial charge is 0.772 e. The van der Waals surface area contributed by atoms with Crippen molar-refractivity contribution in [2.24, 2.45) is 0 Å². The van der Waals surface area contributed by atoms with Gasteiger partial charge in [-0.2, -0.15) is 18.2 Å². The molecule has 0 bridgehead atoms. The fourth-order valence-electron chi connectivity index (χ4n) is 4.56. The van der Waals surface area contributed by atoms with Gasteiger partial charge in [-0.05, 0) is 78.4 Å². The second-order valence-corrected chi connectivity index (χ2v) is 11.0. The Labute approximate surface area is 233 Å². The van der Waals surface area contributed by atoms with Crippen molar-refractivity contribution >= 4 is 22.7 Å². The summed E-state index contributed by atoms with van der Waals surface area (Å²) in [6, 6.07) is 12.4. The molecule has 2 atom stereocenters. The fraction of sp³-hybridized carbons (Fsp3) is 0.250. The summed E-state index contributed by atoms with van der Waals surface area (Å²) in [5.41, 5.74) is -1.10. The van der Waals surface area contributed by atoms with Gasteiger partial charge in [0.25, 0.3) is 5.89 Å². The van der Waals surface area contributed by atoms with E-state index in [1.54, 1.807) is 24.3 Å². The zero-order valence-electron chi connectivity index (χ0n) is 21.3. The molecular weight excluding hydrogens is 569 g/mol. The SMILES string of the molecule is CC(c1ccc(CC(=O)Nc2cc(F)c(C3(c4noc(-c5ccc(C(F)(F)F)cc5)n4)CC3)c(F)c2)cc1)S(=O)[O-]. The predicted molar refractivity (Wildman–Crippen MR) is 137 cm³/mol. The second-order valence-electron chi connectivity index (χ2n) is 9.76. The summed E-state index contributed by atoms with van der Waals surface area (Å²) in [6.45, 7) is 1.53. The number of carbonyl (C=O) groups is 1. The van der Waals surface area contributed by atoms with Crippen LogP contribution in [-0.4, -0.2) is 24.8 Å². The van der Waals surface area contributed by atoms with Crippen molar-refractivity contribution in [3.05, 3.63) is 100 Å². The Morgan fingerprint density at radius 1 is 1.07 bits per heavy atom. The Hall–Kier alpha value is -3.97. The quantitative estimate of drug-likeness (QED) is 0.192. The van der Waals surface area contributed by atoms with E-state index in [-0.39, 0.29) is 35.0 Å². The maximum absolute atomic E-state index is 15.2. The summed E-state index contributed by atoms with van der Waals surface area (Å²) in [7, 11) is 0. The third-order valence-corrected chi connectivity index (χ3v) is 7.82. The van der Waals surface area contributed by atoms with Gasteiger partial charge in [0, 0.05) is 22.1 Å². The summed E-state index contributed by atoms with van der Waals surface area (Å²) in [6.07, 6.45) is -4.00. The summed E-state index contributed by atoms with van der Waals surface area (Å²) in [5, 5.41) is 5.61. The third kappa shape index (κ3) is 5.91. The smallest absolute Gasteiger partial charge is 0.416 e. The summed E-state index contributed by atoms with van der Waals surface area (Å²) < 4.78 is 96.5. The summed E-state index contributed by atoms with van der Waals surface area (Å²) >= 11 is -2.29. The van der Waals surface area contributed by atoms with E-state index in [1.165, 1.54) is 19.1 Å². The van der Waals surface area contributed by atoms with E-state index in [9.17, 15) is 26.7 Å². The molecule has 1 aliphatic rings. The number of halogens is 5. The molecular formula is C28H21F5N3O4S-. The van der Waals surface area contributed by atoms with E-state index in [4.69, 9.17) is 4.52 Å². The van der Waals surface area contributed by atoms with Gasteiger partial charge in [-0.1, -0.05) is 29.4 Å². The highest BCUT2D eigenvalue weighted by atomic mass is 32.2. The second kappa shape index (κ2) is 10.8. The van der Waals surface area contributed by atoms with Crippen LogP contribution in [0.25, 0.3) is 11.5 Å². The number of amides is 1. The number of aromatic nitrogens is 2. The Balaban J connectivity index is 1.30. The average molecular weight is 591 g/mol. The Morgan fingerprint density at radius 3 is 2.22 bits per heavy atom. The maximum atomic E-state index is 15.2. The molecule has 1 saturated carbocycles. The molecule has 1 N–H and O–H groups in total. The molecule has 0 radical (unpaired) electrons. The topological polar surface area (TPSA) is 108 Å². The van der Waals surface area contributed by atoms with Crippen LogP contribution in [0.5, 0.6) is 0 Å². The van der Waals surface area contributed by atoms with Crippen molar-refractivity contribution in [1.29, 1.82) is 0 Å². The molecule has 1 heterocycles. The van der Waals surface area contributed by atoms with E-state index in [2.05, 4.69) is 15.5 Å². The van der Waals surface area contributed by atoms with Crippen molar-refractivity contribution in [2.75, 3.05) is 5.32 Å². The standard InChI is InChI=1S/C28H22F5N3O4S/c1-15(41(38)39)17-4-2-16(3-5-17)12-23(37)34-20-13-21(29)24(22(30)14-20)27(10-11-27)26-35-25(40-36-26)18-6-8-19(9-7-18)28(31,32)33/h2-9,13-15H,10-12H2,1H3,(H,34,37)(H,38,39)/p-1. The van der Waals surface area contributed by atoms with E-state index >= 15 is 8.78 Å². The number of carbonyl (C=O) groups excluding carboxylic acids is 1. The molecule has 3 aromatic carbocycles. The molecule has 41 heavy (non-hydrogen) atoms. The molecule has 5 rings (SSSR count). The molecule has 2 unspecified atom stereocenters. The van der Waals surface area contributed by atoms with Gasteiger partial charge in [0.05, 0.1) is 17.4 Å². The van der Waals surface area contributed by atoms with Crippen molar-refractivity contribution in [3.8, 4) is 11.5 Å². The van der Waals surface area contributed by atoms with Gasteiger partial charge >= 0.3 is 6.18 Å². The van der Waals surface area contributed by atoms with Crippen LogP contribution >= 0.6 is 0 Å². The van der Waals surface area contributed by atoms with Crippen molar-refractivity contribution < 1.29 is 40.0 Å². The van der Waals surface area contributed by atoms with Gasteiger partial charge in [0.15, 0.2) is 5.82 Å². The number of alkyl halides is 3. The first-order valence-electron chi connectivity index (χ1n) is 12.4. The highest BCUT2D eigenvalue weighted by Gasteiger charge is 2.53. The van der Waals surface area contributed by atoms with Crippen molar-refractivity contribution in [3.63, 3.8) is 0 Å². The third-order valence-electron chi connectivity index (χ3n) is 6.97. The van der Waals surface area contributed by atoms with Crippen LogP contribution < -0.4 is 5.32 Å². The van der Waals surface area contributed by atoms with Gasteiger partial charge in [0.2, 0.25) is 5.91 Å². The molecule has 4 aromatic rings. The van der Waals surface area contributed by atoms with Gasteiger partial charge in [0.1, 0.15) is 11.6 Å². The lowest BCUT2D eigenvalue weighted by atomic mass is 9.93. The van der Waals surface area contributed by atoms with Gasteiger partial charge in [-0.15, -0.1) is 0 Å². The molecule has 214 valence electrons. The molecule has 1 aliphatic carbocycles. The van der Waals surface area contributed by atoms with E-state index in [1.807, 2.05) is 0 Å². The predicted octanol–water partition coefficient (Wildman–Crippen LogP) is 6.23. The van der Waals surface area contributed by atoms with Crippen LogP contribution in [0.3, 0.4) is 0 Å². The van der Waals surface area contributed by atoms with Crippen LogP contribution in [0.15, 0.2) is 65.2 Å². The monoisotopic (exact) mass is 590 g/mol. The van der Waals surface area contributed by atoms with Gasteiger partial charge in [-0.25, -0.2) is 8.78 Å². The lowest BCUT2D eigenvalue weighted by molar-refractivity contribution is -0.137. The highest BCUT2D eigenvalue weighted by molar-refractivity contribution is 7.79. The molecule has 0 aliphatic heterocycles. The fourth-order valence-corrected chi connectivity index (χ4v) is 4.94. The lowest BCUT2D eigenvalue weighted by Gasteiger charge is -2.16. The minimum Gasteiger partial charge on any atom is -0.772 e. The number of hydrogen-bond donors (Lipinski definition) is 1. The summed E-state index contributed by atoms with van der Waals surface area (Å²) in [4.78, 5) is 16.7. The number of hydrogen-bond acceptors (Lipinski definition) is 6. The number of rotatable bonds is 8. The van der Waals surface area contributed by atoms with E-state index < -0.39 is 51.0 Å². The van der Waals surface area contributed by atoms with Crippen LogP contribution in [0.1, 0.15) is 53.1 Å². The maximum Gasteiger partial charge on any atom is 0.416 e. The Bertz CT molecular complexity index is 1590. The van der Waals surface area contributed by atoms with Gasteiger partial charge in [-0.3, -0.25) is 9.00 Å². The number of nitrogens with one attached hydrogen (secondary N) is 1. The number of nitrogens with zero attached hydrogens (tertiary/aromatic N) is 2. The minimum absolute atomic E-state index is 0.000520. The average Bonchev–Trinajstić information content (AvgIpc) is 3.53. The van der Waals surface area contributed by atoms with Gasteiger partial charge < -0.3 is 14.4 Å².